The second kappa shape index (κ2) is 11.2. The molecular formula is C15H32N2O2. The number of nitrogens with one attached hydrogen (secondary N) is 2. The van der Waals surface area contributed by atoms with Gasteiger partial charge in [-0.2, -0.15) is 0 Å². The first-order chi connectivity index (χ1) is 8.93. The molecule has 0 saturated heterocycles. The summed E-state index contributed by atoms with van der Waals surface area (Å²) in [6, 6.07) is -0.152. The molecule has 0 aliphatic heterocycles. The van der Waals surface area contributed by atoms with Crippen LogP contribution in [0.2, 0.25) is 0 Å². The highest BCUT2D eigenvalue weighted by molar-refractivity contribution is 5.81. The van der Waals surface area contributed by atoms with Crippen molar-refractivity contribution in [2.75, 3.05) is 26.3 Å². The fourth-order valence-corrected chi connectivity index (χ4v) is 1.50. The fourth-order valence-electron chi connectivity index (χ4n) is 1.50. The Morgan fingerprint density at radius 1 is 0.947 bits per heavy atom. The third-order valence-corrected chi connectivity index (χ3v) is 2.95. The topological polar surface area (TPSA) is 50.4 Å². The smallest absolute Gasteiger partial charge is 0.236 e. The first-order valence-corrected chi connectivity index (χ1v) is 7.52. The number of carbonyl (C=O) groups excluding carboxylic acids is 1. The molecule has 0 saturated carbocycles. The lowest BCUT2D eigenvalue weighted by molar-refractivity contribution is -0.122. The van der Waals surface area contributed by atoms with E-state index in [0.29, 0.717) is 18.4 Å². The van der Waals surface area contributed by atoms with Crippen molar-refractivity contribution in [1.82, 2.24) is 10.6 Å². The van der Waals surface area contributed by atoms with Crippen molar-refractivity contribution in [2.45, 2.75) is 53.5 Å². The third kappa shape index (κ3) is 12.2. The van der Waals surface area contributed by atoms with Crippen LogP contribution >= 0.6 is 0 Å². The van der Waals surface area contributed by atoms with Crippen LogP contribution in [0.25, 0.3) is 0 Å². The van der Waals surface area contributed by atoms with E-state index in [4.69, 9.17) is 4.74 Å². The summed E-state index contributed by atoms with van der Waals surface area (Å²) in [5.41, 5.74) is 0. The molecular weight excluding hydrogens is 240 g/mol. The lowest BCUT2D eigenvalue weighted by Crippen LogP contribution is -2.43. The number of carbonyl (C=O) groups is 1. The van der Waals surface area contributed by atoms with Crippen LogP contribution < -0.4 is 10.6 Å². The molecule has 0 aromatic rings. The Balaban J connectivity index is 3.46. The highest BCUT2D eigenvalue weighted by Gasteiger charge is 2.10. The molecule has 1 amide bonds. The van der Waals surface area contributed by atoms with E-state index in [1.54, 1.807) is 0 Å². The first-order valence-electron chi connectivity index (χ1n) is 7.52. The molecule has 4 nitrogen and oxygen atoms in total. The summed E-state index contributed by atoms with van der Waals surface area (Å²) in [5, 5.41) is 6.11. The molecule has 19 heavy (non-hydrogen) atoms. The molecule has 0 bridgehead atoms. The van der Waals surface area contributed by atoms with E-state index in [9.17, 15) is 4.79 Å². The van der Waals surface area contributed by atoms with Gasteiger partial charge in [0.05, 0.1) is 12.6 Å². The van der Waals surface area contributed by atoms with Gasteiger partial charge in [0.15, 0.2) is 0 Å². The summed E-state index contributed by atoms with van der Waals surface area (Å²) in [7, 11) is 0. The molecule has 0 aromatic carbocycles. The maximum Gasteiger partial charge on any atom is 0.236 e. The summed E-state index contributed by atoms with van der Waals surface area (Å²) in [6.45, 7) is 13.5. The normalized spacial score (nSPS) is 13.0. The first kappa shape index (κ1) is 18.4. The Labute approximate surface area is 118 Å². The zero-order valence-electron chi connectivity index (χ0n) is 13.3. The summed E-state index contributed by atoms with van der Waals surface area (Å²) >= 11 is 0. The number of ether oxygens (including phenoxy) is 1. The molecule has 0 aromatic heterocycles. The molecule has 1 unspecified atom stereocenters. The van der Waals surface area contributed by atoms with Crippen LogP contribution in [-0.2, 0) is 9.53 Å². The average Bonchev–Trinajstić information content (AvgIpc) is 2.32. The van der Waals surface area contributed by atoms with Crippen LogP contribution in [0.4, 0.5) is 0 Å². The summed E-state index contributed by atoms with van der Waals surface area (Å²) in [5.74, 6) is 1.37. The predicted molar refractivity (Wildman–Crippen MR) is 80.2 cm³/mol. The second-order valence-corrected chi connectivity index (χ2v) is 5.94. The van der Waals surface area contributed by atoms with Gasteiger partial charge in [-0.05, 0) is 31.6 Å². The third-order valence-electron chi connectivity index (χ3n) is 2.95. The van der Waals surface area contributed by atoms with Crippen LogP contribution in [0.3, 0.4) is 0 Å². The summed E-state index contributed by atoms with van der Waals surface area (Å²) in [4.78, 5) is 11.7. The van der Waals surface area contributed by atoms with E-state index in [0.717, 1.165) is 32.5 Å². The molecule has 0 fully saturated rings. The Morgan fingerprint density at radius 3 is 2.16 bits per heavy atom. The minimum absolute atomic E-state index is 0.0721. The van der Waals surface area contributed by atoms with Crippen molar-refractivity contribution in [3.63, 3.8) is 0 Å². The number of rotatable bonds is 11. The highest BCUT2D eigenvalue weighted by atomic mass is 16.5. The SMILES string of the molecule is CC(C)CCNC(=O)C(C)NCCOCCC(C)C. The van der Waals surface area contributed by atoms with Gasteiger partial charge in [-0.25, -0.2) is 0 Å². The average molecular weight is 272 g/mol. The summed E-state index contributed by atoms with van der Waals surface area (Å²) < 4.78 is 5.49. The van der Waals surface area contributed by atoms with Crippen LogP contribution in [0.15, 0.2) is 0 Å². The minimum Gasteiger partial charge on any atom is -0.380 e. The molecule has 2 N–H and O–H groups in total. The van der Waals surface area contributed by atoms with Crippen molar-refractivity contribution in [3.8, 4) is 0 Å². The van der Waals surface area contributed by atoms with Crippen LogP contribution in [-0.4, -0.2) is 38.3 Å². The van der Waals surface area contributed by atoms with Gasteiger partial charge in [-0.15, -0.1) is 0 Å². The van der Waals surface area contributed by atoms with Gasteiger partial charge in [-0.3, -0.25) is 4.79 Å². The number of hydrogen-bond acceptors (Lipinski definition) is 3. The van der Waals surface area contributed by atoms with Crippen molar-refractivity contribution < 1.29 is 9.53 Å². The highest BCUT2D eigenvalue weighted by Crippen LogP contribution is 1.98. The van der Waals surface area contributed by atoms with E-state index < -0.39 is 0 Å². The van der Waals surface area contributed by atoms with Crippen molar-refractivity contribution in [1.29, 1.82) is 0 Å². The largest absolute Gasteiger partial charge is 0.380 e. The molecule has 0 spiro atoms. The Morgan fingerprint density at radius 2 is 1.58 bits per heavy atom. The number of amides is 1. The second-order valence-electron chi connectivity index (χ2n) is 5.94. The van der Waals surface area contributed by atoms with E-state index in [1.807, 2.05) is 6.92 Å². The number of hydrogen-bond donors (Lipinski definition) is 2. The molecule has 1 atom stereocenters. The van der Waals surface area contributed by atoms with Gasteiger partial charge in [0.1, 0.15) is 0 Å². The molecule has 0 aliphatic carbocycles. The minimum atomic E-state index is -0.152. The van der Waals surface area contributed by atoms with E-state index in [-0.39, 0.29) is 11.9 Å². The molecule has 0 radical (unpaired) electrons. The predicted octanol–water partition coefficient (Wildman–Crippen LogP) is 2.19. The molecule has 0 heterocycles. The van der Waals surface area contributed by atoms with Gasteiger partial charge in [0.2, 0.25) is 5.91 Å². The summed E-state index contributed by atoms with van der Waals surface area (Å²) in [6.07, 6.45) is 2.11. The van der Waals surface area contributed by atoms with Crippen LogP contribution in [0, 0.1) is 11.8 Å². The fraction of sp³-hybridized carbons (Fsp3) is 0.933. The van der Waals surface area contributed by atoms with Crippen LogP contribution in [0.1, 0.15) is 47.5 Å². The van der Waals surface area contributed by atoms with E-state index >= 15 is 0 Å². The van der Waals surface area contributed by atoms with E-state index in [2.05, 4.69) is 38.3 Å². The van der Waals surface area contributed by atoms with Gasteiger partial charge in [0.25, 0.3) is 0 Å². The zero-order valence-corrected chi connectivity index (χ0v) is 13.3. The molecule has 114 valence electrons. The molecule has 0 aliphatic rings. The van der Waals surface area contributed by atoms with Crippen molar-refractivity contribution in [2.24, 2.45) is 11.8 Å². The van der Waals surface area contributed by atoms with Crippen LogP contribution in [0.5, 0.6) is 0 Å². The lowest BCUT2D eigenvalue weighted by Gasteiger charge is -2.15. The maximum absolute atomic E-state index is 11.7. The van der Waals surface area contributed by atoms with Gasteiger partial charge >= 0.3 is 0 Å². The Hall–Kier alpha value is -0.610. The van der Waals surface area contributed by atoms with Gasteiger partial charge < -0.3 is 15.4 Å². The Kier molecular flexibility index (Phi) is 10.9. The van der Waals surface area contributed by atoms with Crippen molar-refractivity contribution in [3.05, 3.63) is 0 Å². The van der Waals surface area contributed by atoms with Gasteiger partial charge in [-0.1, -0.05) is 27.7 Å². The quantitative estimate of drug-likeness (QED) is 0.567. The molecule has 0 rings (SSSR count). The van der Waals surface area contributed by atoms with E-state index in [1.165, 1.54) is 0 Å². The molecule has 4 heteroatoms. The Bertz CT molecular complexity index is 230. The standard InChI is InChI=1S/C15H32N2O2/c1-12(2)6-8-17-15(18)14(5)16-9-11-19-10-7-13(3)4/h12-14,16H,6-11H2,1-5H3,(H,17,18). The lowest BCUT2D eigenvalue weighted by atomic mass is 10.1. The monoisotopic (exact) mass is 272 g/mol. The maximum atomic E-state index is 11.7. The van der Waals surface area contributed by atoms with Crippen molar-refractivity contribution >= 4 is 5.91 Å². The van der Waals surface area contributed by atoms with Gasteiger partial charge in [0, 0.05) is 19.7 Å². The zero-order chi connectivity index (χ0) is 14.7.